The maximum atomic E-state index is 12.7. The van der Waals surface area contributed by atoms with E-state index in [1.807, 2.05) is 29.2 Å². The summed E-state index contributed by atoms with van der Waals surface area (Å²) in [4.78, 5) is 25.9. The van der Waals surface area contributed by atoms with Gasteiger partial charge in [-0.15, -0.1) is 0 Å². The topological polar surface area (TPSA) is 75.5 Å². The van der Waals surface area contributed by atoms with E-state index in [0.29, 0.717) is 17.2 Å². The van der Waals surface area contributed by atoms with Gasteiger partial charge in [0.2, 0.25) is 0 Å². The largest absolute Gasteiger partial charge is 0.366 e. The number of anilines is 2. The van der Waals surface area contributed by atoms with Crippen molar-refractivity contribution < 1.29 is 9.72 Å². The molecule has 1 aliphatic rings. The fourth-order valence-electron chi connectivity index (χ4n) is 3.49. The first kappa shape index (κ1) is 18.9. The van der Waals surface area contributed by atoms with Crippen LogP contribution in [0.15, 0.2) is 42.5 Å². The number of nitro groups is 1. The maximum Gasteiger partial charge on any atom is 0.293 e. The Morgan fingerprint density at radius 3 is 2.59 bits per heavy atom. The molecular formula is C21H25N3O3. The zero-order chi connectivity index (χ0) is 19.4. The molecule has 0 aliphatic carbocycles. The Labute approximate surface area is 159 Å². The Hall–Kier alpha value is -2.89. The van der Waals surface area contributed by atoms with Crippen molar-refractivity contribution in [1.29, 1.82) is 0 Å². The number of carbonyl (C=O) groups excluding carboxylic acids is 1. The third-order valence-corrected chi connectivity index (χ3v) is 5.23. The fraction of sp³-hybridized carbons (Fsp3) is 0.381. The minimum absolute atomic E-state index is 0.0141. The summed E-state index contributed by atoms with van der Waals surface area (Å²) in [7, 11) is 0. The Kier molecular flexibility index (Phi) is 5.74. The van der Waals surface area contributed by atoms with Crippen LogP contribution in [-0.4, -0.2) is 23.9 Å². The number of nitrogens with zero attached hydrogens (tertiary/aromatic N) is 2. The third-order valence-electron chi connectivity index (χ3n) is 5.23. The number of hydrogen-bond acceptors (Lipinski definition) is 4. The lowest BCUT2D eigenvalue weighted by atomic mass is 9.96. The van der Waals surface area contributed by atoms with Crippen LogP contribution in [0.2, 0.25) is 0 Å². The molecule has 1 N–H and O–H groups in total. The lowest BCUT2D eigenvalue weighted by Gasteiger charge is -2.18. The minimum Gasteiger partial charge on any atom is -0.366 e. The predicted octanol–water partition coefficient (Wildman–Crippen LogP) is 4.96. The highest BCUT2D eigenvalue weighted by molar-refractivity contribution is 6.05. The summed E-state index contributed by atoms with van der Waals surface area (Å²) >= 11 is 0. The Morgan fingerprint density at radius 1 is 1.22 bits per heavy atom. The molecule has 2 aromatic carbocycles. The van der Waals surface area contributed by atoms with E-state index in [1.54, 1.807) is 12.1 Å². The molecule has 142 valence electrons. The van der Waals surface area contributed by atoms with Crippen LogP contribution in [0.4, 0.5) is 17.1 Å². The zero-order valence-electron chi connectivity index (χ0n) is 15.8. The first-order valence-corrected chi connectivity index (χ1v) is 9.45. The van der Waals surface area contributed by atoms with Crippen molar-refractivity contribution in [3.63, 3.8) is 0 Å². The summed E-state index contributed by atoms with van der Waals surface area (Å²) in [6.07, 6.45) is 3.03. The SMILES string of the molecule is CCC(C)c1ccccc1NC(=O)c1ccc(N2CCCC2)c([N+](=O)[O-])c1. The molecule has 0 saturated carbocycles. The highest BCUT2D eigenvalue weighted by atomic mass is 16.6. The quantitative estimate of drug-likeness (QED) is 0.578. The summed E-state index contributed by atoms with van der Waals surface area (Å²) in [5.41, 5.74) is 2.69. The van der Waals surface area contributed by atoms with Gasteiger partial charge in [-0.2, -0.15) is 0 Å². The first-order valence-electron chi connectivity index (χ1n) is 9.45. The normalized spacial score (nSPS) is 14.8. The molecule has 0 spiro atoms. The van der Waals surface area contributed by atoms with Crippen molar-refractivity contribution in [1.82, 2.24) is 0 Å². The van der Waals surface area contributed by atoms with E-state index in [0.717, 1.165) is 43.6 Å². The second-order valence-electron chi connectivity index (χ2n) is 7.01. The van der Waals surface area contributed by atoms with Crippen LogP contribution < -0.4 is 10.2 Å². The molecule has 27 heavy (non-hydrogen) atoms. The standard InChI is InChI=1S/C21H25N3O3/c1-3-15(2)17-8-4-5-9-18(17)22-21(25)16-10-11-19(20(14-16)24(26)27)23-12-6-7-13-23/h4-5,8-11,14-15H,3,6-7,12-13H2,1-2H3,(H,22,25). The van der Waals surface area contributed by atoms with Crippen LogP contribution in [0.5, 0.6) is 0 Å². The van der Waals surface area contributed by atoms with Crippen molar-refractivity contribution in [2.75, 3.05) is 23.3 Å². The molecule has 1 fully saturated rings. The van der Waals surface area contributed by atoms with E-state index in [9.17, 15) is 14.9 Å². The average molecular weight is 367 g/mol. The average Bonchev–Trinajstić information content (AvgIpc) is 3.22. The van der Waals surface area contributed by atoms with Crippen molar-refractivity contribution in [3.8, 4) is 0 Å². The molecule has 6 nitrogen and oxygen atoms in total. The molecule has 6 heteroatoms. The van der Waals surface area contributed by atoms with Crippen molar-refractivity contribution in [2.45, 2.75) is 39.0 Å². The highest BCUT2D eigenvalue weighted by Crippen LogP contribution is 2.32. The van der Waals surface area contributed by atoms with Crippen LogP contribution in [0, 0.1) is 10.1 Å². The molecule has 3 rings (SSSR count). The van der Waals surface area contributed by atoms with Gasteiger partial charge in [0.1, 0.15) is 5.69 Å². The van der Waals surface area contributed by atoms with E-state index in [1.165, 1.54) is 6.07 Å². The lowest BCUT2D eigenvalue weighted by Crippen LogP contribution is -2.20. The summed E-state index contributed by atoms with van der Waals surface area (Å²) in [6.45, 7) is 5.84. The minimum atomic E-state index is -0.405. The molecule has 1 amide bonds. The monoisotopic (exact) mass is 367 g/mol. The first-order chi connectivity index (χ1) is 13.0. The van der Waals surface area contributed by atoms with Crippen molar-refractivity contribution >= 4 is 23.0 Å². The summed E-state index contributed by atoms with van der Waals surface area (Å²) in [5.74, 6) is -0.0183. The molecule has 0 aromatic heterocycles. The molecule has 0 bridgehead atoms. The lowest BCUT2D eigenvalue weighted by molar-refractivity contribution is -0.384. The van der Waals surface area contributed by atoms with Gasteiger partial charge in [-0.3, -0.25) is 14.9 Å². The number of carbonyl (C=O) groups is 1. The van der Waals surface area contributed by atoms with Gasteiger partial charge in [0.05, 0.1) is 4.92 Å². The summed E-state index contributed by atoms with van der Waals surface area (Å²) in [6, 6.07) is 12.4. The van der Waals surface area contributed by atoms with Crippen LogP contribution in [0.25, 0.3) is 0 Å². The Bertz CT molecular complexity index is 844. The molecule has 1 atom stereocenters. The number of para-hydroxylation sites is 1. The van der Waals surface area contributed by atoms with Crippen LogP contribution in [0.1, 0.15) is 54.9 Å². The van der Waals surface area contributed by atoms with Gasteiger partial charge >= 0.3 is 0 Å². The van der Waals surface area contributed by atoms with Gasteiger partial charge < -0.3 is 10.2 Å². The van der Waals surface area contributed by atoms with E-state index >= 15 is 0 Å². The van der Waals surface area contributed by atoms with E-state index in [4.69, 9.17) is 0 Å². The number of rotatable bonds is 6. The third kappa shape index (κ3) is 4.10. The van der Waals surface area contributed by atoms with Gasteiger partial charge in [-0.1, -0.05) is 32.0 Å². The van der Waals surface area contributed by atoms with E-state index < -0.39 is 4.92 Å². The van der Waals surface area contributed by atoms with Crippen LogP contribution in [-0.2, 0) is 0 Å². The van der Waals surface area contributed by atoms with Crippen LogP contribution in [0.3, 0.4) is 0 Å². The van der Waals surface area contributed by atoms with Gasteiger partial charge in [-0.05, 0) is 48.9 Å². The summed E-state index contributed by atoms with van der Waals surface area (Å²) in [5, 5.41) is 14.5. The maximum absolute atomic E-state index is 12.7. The number of amides is 1. The van der Waals surface area contributed by atoms with Gasteiger partial charge in [0, 0.05) is 30.4 Å². The number of nitrogens with one attached hydrogen (secondary N) is 1. The zero-order valence-corrected chi connectivity index (χ0v) is 15.8. The number of hydrogen-bond donors (Lipinski definition) is 1. The van der Waals surface area contributed by atoms with E-state index in [-0.39, 0.29) is 11.6 Å². The molecule has 2 aromatic rings. The predicted molar refractivity (Wildman–Crippen MR) is 108 cm³/mol. The second kappa shape index (κ2) is 8.20. The molecular weight excluding hydrogens is 342 g/mol. The molecule has 1 unspecified atom stereocenters. The van der Waals surface area contributed by atoms with Crippen LogP contribution >= 0.6 is 0 Å². The smallest absolute Gasteiger partial charge is 0.293 e. The Morgan fingerprint density at radius 2 is 1.93 bits per heavy atom. The second-order valence-corrected chi connectivity index (χ2v) is 7.01. The fourth-order valence-corrected chi connectivity index (χ4v) is 3.49. The van der Waals surface area contributed by atoms with Gasteiger partial charge in [0.15, 0.2) is 0 Å². The molecule has 1 heterocycles. The van der Waals surface area contributed by atoms with Crippen molar-refractivity contribution in [3.05, 3.63) is 63.7 Å². The molecule has 1 aliphatic heterocycles. The number of benzene rings is 2. The van der Waals surface area contributed by atoms with Gasteiger partial charge in [-0.25, -0.2) is 0 Å². The van der Waals surface area contributed by atoms with Crippen molar-refractivity contribution in [2.24, 2.45) is 0 Å². The molecule has 1 saturated heterocycles. The Balaban J connectivity index is 1.87. The van der Waals surface area contributed by atoms with E-state index in [2.05, 4.69) is 19.2 Å². The molecule has 0 radical (unpaired) electrons. The highest BCUT2D eigenvalue weighted by Gasteiger charge is 2.24. The summed E-state index contributed by atoms with van der Waals surface area (Å²) < 4.78 is 0. The van der Waals surface area contributed by atoms with Gasteiger partial charge in [0.25, 0.3) is 11.6 Å². The number of nitro benzene ring substituents is 1.